The number of hydrogen-bond acceptors (Lipinski definition) is 4. The maximum absolute atomic E-state index is 14.6. The van der Waals surface area contributed by atoms with Crippen LogP contribution in [0.3, 0.4) is 0 Å². The Hall–Kier alpha value is -4.06. The monoisotopic (exact) mass is 581 g/mol. The van der Waals surface area contributed by atoms with Crippen molar-refractivity contribution in [3.05, 3.63) is 140 Å². The van der Waals surface area contributed by atoms with E-state index >= 15 is 0 Å². The van der Waals surface area contributed by atoms with Crippen LogP contribution in [0, 0.1) is 18.2 Å². The van der Waals surface area contributed by atoms with Crippen LogP contribution in [-0.2, 0) is 0 Å². The highest BCUT2D eigenvalue weighted by molar-refractivity contribution is 6.36. The van der Waals surface area contributed by atoms with Crippen LogP contribution in [0.15, 0.2) is 91.0 Å². The van der Waals surface area contributed by atoms with E-state index in [1.807, 2.05) is 24.0 Å². The van der Waals surface area contributed by atoms with E-state index in [9.17, 15) is 18.8 Å². The SMILES string of the molecule is Cc1ccc(C(=O)[C@H]2[C@H](c3ccc(Cl)cc3Cl)C3(C(=O)c4ccccc4C3=O)C3C=Cc4cc(F)ccc4N32)cc1. The van der Waals surface area contributed by atoms with Crippen molar-refractivity contribution in [2.75, 3.05) is 4.90 Å². The first-order valence-corrected chi connectivity index (χ1v) is 14.0. The molecule has 3 aliphatic rings. The molecular weight excluding hydrogens is 560 g/mol. The molecule has 7 rings (SSSR count). The molecule has 202 valence electrons. The number of ketones is 3. The molecule has 0 aromatic heterocycles. The Kier molecular flexibility index (Phi) is 5.83. The number of carbonyl (C=O) groups excluding carboxylic acids is 3. The van der Waals surface area contributed by atoms with Crippen molar-refractivity contribution in [1.82, 2.24) is 0 Å². The number of nitrogens with zero attached hydrogens (tertiary/aromatic N) is 1. The molecular formula is C34H22Cl2FNO3. The number of carbonyl (C=O) groups is 3. The number of benzene rings is 4. The van der Waals surface area contributed by atoms with Crippen LogP contribution in [0.4, 0.5) is 10.1 Å². The van der Waals surface area contributed by atoms with Gasteiger partial charge in [-0.3, -0.25) is 14.4 Å². The topological polar surface area (TPSA) is 54.5 Å². The third-order valence-corrected chi connectivity index (χ3v) is 9.23. The van der Waals surface area contributed by atoms with Crippen molar-refractivity contribution in [2.24, 2.45) is 5.41 Å². The summed E-state index contributed by atoms with van der Waals surface area (Å²) in [4.78, 5) is 45.8. The predicted molar refractivity (Wildman–Crippen MR) is 158 cm³/mol. The molecule has 1 saturated heterocycles. The number of hydrogen-bond donors (Lipinski definition) is 0. The van der Waals surface area contributed by atoms with Crippen molar-refractivity contribution in [3.8, 4) is 0 Å². The summed E-state index contributed by atoms with van der Waals surface area (Å²) in [6, 6.07) is 21.3. The Morgan fingerprint density at radius 3 is 2.22 bits per heavy atom. The van der Waals surface area contributed by atoms with Crippen LogP contribution in [0.5, 0.6) is 0 Å². The number of Topliss-reactive ketones (excluding diaryl/α,β-unsaturated/α-hetero) is 3. The summed E-state index contributed by atoms with van der Waals surface area (Å²) in [6.45, 7) is 1.93. The molecule has 1 aliphatic carbocycles. The van der Waals surface area contributed by atoms with Gasteiger partial charge < -0.3 is 4.90 Å². The average molecular weight is 582 g/mol. The van der Waals surface area contributed by atoms with Crippen LogP contribution < -0.4 is 4.90 Å². The highest BCUT2D eigenvalue weighted by Crippen LogP contribution is 2.61. The van der Waals surface area contributed by atoms with E-state index in [0.717, 1.165) is 5.56 Å². The Bertz CT molecular complexity index is 1800. The van der Waals surface area contributed by atoms with E-state index in [0.29, 0.717) is 38.5 Å². The zero-order valence-electron chi connectivity index (χ0n) is 21.8. The molecule has 0 radical (unpaired) electrons. The summed E-state index contributed by atoms with van der Waals surface area (Å²) in [5.74, 6) is -2.40. The Balaban J connectivity index is 1.56. The van der Waals surface area contributed by atoms with Crippen LogP contribution in [0.1, 0.15) is 53.7 Å². The van der Waals surface area contributed by atoms with Gasteiger partial charge in [-0.1, -0.05) is 95.5 Å². The normalized spacial score (nSPS) is 21.7. The average Bonchev–Trinajstić information content (AvgIpc) is 3.39. The first-order chi connectivity index (χ1) is 19.7. The minimum absolute atomic E-state index is 0.253. The number of anilines is 1. The van der Waals surface area contributed by atoms with E-state index in [2.05, 4.69) is 0 Å². The van der Waals surface area contributed by atoms with E-state index in [-0.39, 0.29) is 22.4 Å². The molecule has 3 atom stereocenters. The van der Waals surface area contributed by atoms with Crippen LogP contribution in [0.2, 0.25) is 10.0 Å². The molecule has 4 nitrogen and oxygen atoms in total. The second kappa shape index (κ2) is 9.23. The fourth-order valence-corrected chi connectivity index (χ4v) is 7.46. The van der Waals surface area contributed by atoms with Gasteiger partial charge in [0.1, 0.15) is 17.3 Å². The van der Waals surface area contributed by atoms with Crippen molar-refractivity contribution in [3.63, 3.8) is 0 Å². The van der Waals surface area contributed by atoms with Crippen molar-refractivity contribution < 1.29 is 18.8 Å². The molecule has 41 heavy (non-hydrogen) atoms. The fraction of sp³-hybridized carbons (Fsp3) is 0.147. The lowest BCUT2D eigenvalue weighted by molar-refractivity contribution is 0.0666. The standard InChI is InChI=1S/C34H22Cl2FNO3/c1-18-6-8-19(9-7-18)31(39)30-29(25-13-11-21(35)17-26(25)36)34(32(40)23-4-2-3-5-24(23)33(34)41)28-15-10-20-16-22(37)12-14-27(20)38(28)30/h2-17,28-30H,1H3/t28?,29-,30+/m0/s1. The molecule has 7 heteroatoms. The molecule has 4 aromatic rings. The minimum Gasteiger partial charge on any atom is -0.352 e. The first-order valence-electron chi connectivity index (χ1n) is 13.2. The molecule has 0 amide bonds. The maximum Gasteiger partial charge on any atom is 0.185 e. The van der Waals surface area contributed by atoms with E-state index in [4.69, 9.17) is 23.2 Å². The van der Waals surface area contributed by atoms with Gasteiger partial charge in [0.05, 0.1) is 6.04 Å². The van der Waals surface area contributed by atoms with Gasteiger partial charge in [-0.15, -0.1) is 0 Å². The molecule has 4 aromatic carbocycles. The number of fused-ring (bicyclic) bond motifs is 5. The molecule has 0 bridgehead atoms. The molecule has 2 aliphatic heterocycles. The molecule has 0 N–H and O–H groups in total. The van der Waals surface area contributed by atoms with Gasteiger partial charge >= 0.3 is 0 Å². The van der Waals surface area contributed by atoms with Crippen LogP contribution >= 0.6 is 23.2 Å². The Labute approximate surface area is 246 Å². The lowest BCUT2D eigenvalue weighted by Crippen LogP contribution is -2.48. The summed E-state index contributed by atoms with van der Waals surface area (Å²) in [5.41, 5.74) is 1.93. The highest BCUT2D eigenvalue weighted by atomic mass is 35.5. The molecule has 1 unspecified atom stereocenters. The Morgan fingerprint density at radius 1 is 0.878 bits per heavy atom. The van der Waals surface area contributed by atoms with E-state index < -0.39 is 29.2 Å². The fourth-order valence-electron chi connectivity index (χ4n) is 6.93. The van der Waals surface area contributed by atoms with Crippen LogP contribution in [-0.4, -0.2) is 29.4 Å². The van der Waals surface area contributed by atoms with E-state index in [1.165, 1.54) is 12.1 Å². The second-order valence-electron chi connectivity index (χ2n) is 10.8. The van der Waals surface area contributed by atoms with Gasteiger partial charge in [0, 0.05) is 43.9 Å². The second-order valence-corrected chi connectivity index (χ2v) is 11.6. The lowest BCUT2D eigenvalue weighted by atomic mass is 9.64. The summed E-state index contributed by atoms with van der Waals surface area (Å²) in [7, 11) is 0. The largest absolute Gasteiger partial charge is 0.352 e. The first kappa shape index (κ1) is 25.9. The summed E-state index contributed by atoms with van der Waals surface area (Å²) in [5, 5.41) is 0.640. The van der Waals surface area contributed by atoms with Gasteiger partial charge in [-0.2, -0.15) is 0 Å². The van der Waals surface area contributed by atoms with Gasteiger partial charge in [-0.05, 0) is 42.8 Å². The summed E-state index contributed by atoms with van der Waals surface area (Å²) < 4.78 is 14.4. The highest BCUT2D eigenvalue weighted by Gasteiger charge is 2.71. The lowest BCUT2D eigenvalue weighted by Gasteiger charge is -2.37. The van der Waals surface area contributed by atoms with Crippen LogP contribution in [0.25, 0.3) is 6.08 Å². The summed E-state index contributed by atoms with van der Waals surface area (Å²) >= 11 is 13.1. The number of aryl methyl sites for hydroxylation is 1. The zero-order valence-corrected chi connectivity index (χ0v) is 23.3. The molecule has 1 spiro atoms. The van der Waals surface area contributed by atoms with Gasteiger partial charge in [-0.25, -0.2) is 4.39 Å². The molecule has 0 saturated carbocycles. The third-order valence-electron chi connectivity index (χ3n) is 8.67. The van der Waals surface area contributed by atoms with E-state index in [1.54, 1.807) is 72.8 Å². The van der Waals surface area contributed by atoms with Crippen molar-refractivity contribution in [2.45, 2.75) is 24.9 Å². The van der Waals surface area contributed by atoms with Gasteiger partial charge in [0.2, 0.25) is 0 Å². The summed E-state index contributed by atoms with van der Waals surface area (Å²) in [6.07, 6.45) is 3.48. The van der Waals surface area contributed by atoms with Crippen molar-refractivity contribution in [1.29, 1.82) is 0 Å². The van der Waals surface area contributed by atoms with Crippen molar-refractivity contribution >= 4 is 52.3 Å². The minimum atomic E-state index is -1.70. The smallest absolute Gasteiger partial charge is 0.185 e. The third kappa shape index (κ3) is 3.55. The van der Waals surface area contributed by atoms with Gasteiger partial charge in [0.25, 0.3) is 0 Å². The quantitative estimate of drug-likeness (QED) is 0.183. The molecule has 2 heterocycles. The molecule has 1 fully saturated rings. The maximum atomic E-state index is 14.6. The number of halogens is 3. The predicted octanol–water partition coefficient (Wildman–Crippen LogP) is 7.76. The van der Waals surface area contributed by atoms with Gasteiger partial charge in [0.15, 0.2) is 17.3 Å². The Morgan fingerprint density at radius 2 is 1.56 bits per heavy atom. The number of rotatable bonds is 3. The zero-order chi connectivity index (χ0) is 28.6.